The van der Waals surface area contributed by atoms with E-state index < -0.39 is 5.41 Å². The van der Waals surface area contributed by atoms with Crippen molar-refractivity contribution in [1.29, 1.82) is 5.26 Å². The Morgan fingerprint density at radius 3 is 2.50 bits per heavy atom. The number of nitriles is 1. The maximum Gasteiger partial charge on any atom is 0.123 e. The van der Waals surface area contributed by atoms with Crippen LogP contribution >= 0.6 is 0 Å². The van der Waals surface area contributed by atoms with Gasteiger partial charge in [-0.3, -0.25) is 0 Å². The number of hydrogen-bond donors (Lipinski definition) is 1. The first-order chi connectivity index (χ1) is 14.5. The molecule has 1 N–H and O–H groups in total. The Balaban J connectivity index is 1.65. The number of nitrogens with zero attached hydrogens (tertiary/aromatic N) is 1. The molecule has 2 aliphatic rings. The van der Waals surface area contributed by atoms with Gasteiger partial charge in [-0.2, -0.15) is 5.26 Å². The van der Waals surface area contributed by atoms with Gasteiger partial charge in [-0.05, 0) is 68.2 Å². The minimum Gasteiger partial charge on any atom is -0.316 e. The van der Waals surface area contributed by atoms with E-state index in [0.717, 1.165) is 50.8 Å². The predicted molar refractivity (Wildman–Crippen MR) is 123 cm³/mol. The lowest BCUT2D eigenvalue weighted by molar-refractivity contribution is 0.229. The van der Waals surface area contributed by atoms with Gasteiger partial charge in [0.2, 0.25) is 0 Å². The zero-order chi connectivity index (χ0) is 21.5. The summed E-state index contributed by atoms with van der Waals surface area (Å²) in [6.45, 7) is 6.46. The van der Waals surface area contributed by atoms with Crippen LogP contribution in [0.1, 0.15) is 70.8 Å². The molecule has 1 fully saturated rings. The predicted octanol–water partition coefficient (Wildman–Crippen LogP) is 6.70. The van der Waals surface area contributed by atoms with Crippen molar-refractivity contribution < 1.29 is 4.39 Å². The Morgan fingerprint density at radius 2 is 1.90 bits per heavy atom. The molecule has 2 atom stereocenters. The summed E-state index contributed by atoms with van der Waals surface area (Å²) in [7, 11) is 0. The quantitative estimate of drug-likeness (QED) is 0.462. The van der Waals surface area contributed by atoms with Gasteiger partial charge >= 0.3 is 0 Å². The van der Waals surface area contributed by atoms with E-state index in [2.05, 4.69) is 49.5 Å². The highest BCUT2D eigenvalue weighted by Crippen LogP contribution is 2.44. The lowest BCUT2D eigenvalue weighted by Gasteiger charge is -2.38. The first-order valence-corrected chi connectivity index (χ1v) is 11.7. The van der Waals surface area contributed by atoms with Crippen molar-refractivity contribution >= 4 is 0 Å². The average Bonchev–Trinajstić information content (AvgIpc) is 2.78. The topological polar surface area (TPSA) is 35.8 Å². The molecule has 2 unspecified atom stereocenters. The second-order valence-electron chi connectivity index (χ2n) is 9.58. The van der Waals surface area contributed by atoms with Crippen LogP contribution in [0.2, 0.25) is 0 Å². The minimum absolute atomic E-state index is 0.182. The highest BCUT2D eigenvalue weighted by Gasteiger charge is 2.40. The van der Waals surface area contributed by atoms with Crippen molar-refractivity contribution in [3.63, 3.8) is 0 Å². The Kier molecular flexibility index (Phi) is 7.89. The van der Waals surface area contributed by atoms with E-state index in [1.54, 1.807) is 0 Å². The van der Waals surface area contributed by atoms with E-state index in [4.69, 9.17) is 0 Å². The Hall–Kier alpha value is -1.92. The summed E-state index contributed by atoms with van der Waals surface area (Å²) in [4.78, 5) is 0. The monoisotopic (exact) mass is 408 g/mol. The van der Waals surface area contributed by atoms with E-state index in [1.165, 1.54) is 31.4 Å². The number of benzene rings is 1. The summed E-state index contributed by atoms with van der Waals surface area (Å²) < 4.78 is 13.5. The lowest BCUT2D eigenvalue weighted by Crippen LogP contribution is -2.39. The van der Waals surface area contributed by atoms with Crippen LogP contribution in [0.3, 0.4) is 0 Å². The molecule has 1 aromatic rings. The zero-order valence-electron chi connectivity index (χ0n) is 18.7. The number of nitrogens with one attached hydrogen (secondary N) is 1. The van der Waals surface area contributed by atoms with Crippen LogP contribution in [0.5, 0.6) is 0 Å². The van der Waals surface area contributed by atoms with Crippen LogP contribution in [0.4, 0.5) is 4.39 Å². The molecular formula is C27H37FN2. The van der Waals surface area contributed by atoms with Crippen LogP contribution in [0, 0.1) is 34.4 Å². The van der Waals surface area contributed by atoms with E-state index in [1.807, 2.05) is 12.1 Å². The van der Waals surface area contributed by atoms with Crippen LogP contribution in [-0.4, -0.2) is 13.1 Å². The molecule has 0 heterocycles. The first kappa shape index (κ1) is 22.8. The van der Waals surface area contributed by atoms with Gasteiger partial charge in [-0.25, -0.2) is 4.39 Å². The fourth-order valence-electron chi connectivity index (χ4n) is 5.40. The molecule has 0 aromatic heterocycles. The second kappa shape index (κ2) is 10.4. The molecule has 0 amide bonds. The number of hydrogen-bond acceptors (Lipinski definition) is 2. The summed E-state index contributed by atoms with van der Waals surface area (Å²) >= 11 is 0. The maximum absolute atomic E-state index is 13.5. The molecular weight excluding hydrogens is 371 g/mol. The van der Waals surface area contributed by atoms with Crippen LogP contribution in [-0.2, 0) is 5.41 Å². The van der Waals surface area contributed by atoms with Crippen molar-refractivity contribution in [2.45, 2.75) is 70.6 Å². The molecule has 1 aromatic carbocycles. The third-order valence-corrected chi connectivity index (χ3v) is 7.56. The summed E-state index contributed by atoms with van der Waals surface area (Å²) in [5, 5.41) is 14.0. The van der Waals surface area contributed by atoms with Gasteiger partial charge < -0.3 is 5.32 Å². The normalized spacial score (nSPS) is 24.0. The van der Waals surface area contributed by atoms with Crippen molar-refractivity contribution in [1.82, 2.24) is 5.32 Å². The summed E-state index contributed by atoms with van der Waals surface area (Å²) in [6.07, 6.45) is 17.7. The molecule has 2 aliphatic carbocycles. The van der Waals surface area contributed by atoms with Crippen molar-refractivity contribution in [3.05, 3.63) is 60.0 Å². The standard InChI is InChI=1S/C27H37FN2/c1-22(2)26(16-7-4-8-17-26)21-30-19-9-18-27(20-29,23-10-5-3-6-11-23)24-12-14-25(28)15-13-24/h4,7-8,12-16,22-23,30H,3,5-6,9-11,17-19,21H2,1-2H3. The van der Waals surface area contributed by atoms with Crippen molar-refractivity contribution in [2.24, 2.45) is 17.3 Å². The van der Waals surface area contributed by atoms with Gasteiger partial charge in [-0.1, -0.05) is 69.5 Å². The molecule has 0 bridgehead atoms. The van der Waals surface area contributed by atoms with E-state index in [0.29, 0.717) is 11.8 Å². The van der Waals surface area contributed by atoms with Gasteiger partial charge in [0.15, 0.2) is 0 Å². The summed E-state index contributed by atoms with van der Waals surface area (Å²) in [5.41, 5.74) is 0.678. The molecule has 3 heteroatoms. The summed E-state index contributed by atoms with van der Waals surface area (Å²) in [6, 6.07) is 9.42. The van der Waals surface area contributed by atoms with Gasteiger partial charge in [0.05, 0.1) is 11.5 Å². The number of halogens is 1. The molecule has 0 aliphatic heterocycles. The molecule has 162 valence electrons. The van der Waals surface area contributed by atoms with Gasteiger partial charge in [-0.15, -0.1) is 0 Å². The smallest absolute Gasteiger partial charge is 0.123 e. The SMILES string of the molecule is CC(C)C1(CNCCCC(C#N)(c2ccc(F)cc2)C2CCCCC2)C=CC=CC1. The van der Waals surface area contributed by atoms with Crippen molar-refractivity contribution in [3.8, 4) is 6.07 Å². The largest absolute Gasteiger partial charge is 0.316 e. The molecule has 0 saturated heterocycles. The van der Waals surface area contributed by atoms with Gasteiger partial charge in [0.1, 0.15) is 5.82 Å². The van der Waals surface area contributed by atoms with E-state index in [-0.39, 0.29) is 11.2 Å². The van der Waals surface area contributed by atoms with Crippen molar-refractivity contribution in [2.75, 3.05) is 13.1 Å². The van der Waals surface area contributed by atoms with Crippen LogP contribution in [0.15, 0.2) is 48.6 Å². The van der Waals surface area contributed by atoms with Crippen LogP contribution < -0.4 is 5.32 Å². The van der Waals surface area contributed by atoms with E-state index >= 15 is 0 Å². The minimum atomic E-state index is -0.501. The Labute approximate surface area is 182 Å². The molecule has 0 spiro atoms. The molecule has 30 heavy (non-hydrogen) atoms. The third-order valence-electron chi connectivity index (χ3n) is 7.56. The summed E-state index contributed by atoms with van der Waals surface area (Å²) in [5.74, 6) is 0.713. The molecule has 0 radical (unpaired) electrons. The lowest BCUT2D eigenvalue weighted by atomic mass is 9.63. The average molecular weight is 409 g/mol. The highest BCUT2D eigenvalue weighted by molar-refractivity contribution is 5.34. The van der Waals surface area contributed by atoms with Crippen LogP contribution in [0.25, 0.3) is 0 Å². The Bertz CT molecular complexity index is 767. The first-order valence-electron chi connectivity index (χ1n) is 11.7. The fraction of sp³-hybridized carbons (Fsp3) is 0.593. The highest BCUT2D eigenvalue weighted by atomic mass is 19.1. The van der Waals surface area contributed by atoms with Gasteiger partial charge in [0, 0.05) is 12.0 Å². The third kappa shape index (κ3) is 5.03. The molecule has 3 rings (SSSR count). The van der Waals surface area contributed by atoms with E-state index in [9.17, 15) is 9.65 Å². The number of allylic oxidation sites excluding steroid dienone is 3. The number of rotatable bonds is 9. The maximum atomic E-state index is 13.5. The second-order valence-corrected chi connectivity index (χ2v) is 9.58. The molecule has 2 nitrogen and oxygen atoms in total. The van der Waals surface area contributed by atoms with Gasteiger partial charge in [0.25, 0.3) is 0 Å². The Morgan fingerprint density at radius 1 is 1.17 bits per heavy atom. The molecule has 1 saturated carbocycles. The fourth-order valence-corrected chi connectivity index (χ4v) is 5.40. The zero-order valence-corrected chi connectivity index (χ0v) is 18.7.